The zero-order valence-corrected chi connectivity index (χ0v) is 8.06. The number of hydrogen-bond donors (Lipinski definition) is 0. The third-order valence-corrected chi connectivity index (χ3v) is 3.18. The predicted molar refractivity (Wildman–Crippen MR) is 48.6 cm³/mol. The Bertz CT molecular complexity index is 249. The van der Waals surface area contributed by atoms with Crippen LogP contribution < -0.4 is 0 Å². The number of fused-ring (bicyclic) bond motifs is 2. The number of allylic oxidation sites excluding steroid dienone is 2. The molecular weight excluding hydrogens is 166 g/mol. The Morgan fingerprint density at radius 2 is 2.23 bits per heavy atom. The largest absolute Gasteiger partial charge is 0.275 e. The van der Waals surface area contributed by atoms with Gasteiger partial charge in [-0.2, -0.15) is 0 Å². The number of carbonyl (C=O) groups is 1. The second kappa shape index (κ2) is 3.14. The lowest BCUT2D eigenvalue weighted by molar-refractivity contribution is -0.174. The topological polar surface area (TPSA) is 29.5 Å². The van der Waals surface area contributed by atoms with E-state index in [0.717, 1.165) is 12.8 Å². The normalized spacial score (nSPS) is 35.4. The molecule has 0 saturated heterocycles. The van der Waals surface area contributed by atoms with E-state index in [1.165, 1.54) is 12.2 Å². The smallest absolute Gasteiger partial charge is 0.249 e. The van der Waals surface area contributed by atoms with E-state index in [1.54, 1.807) is 7.05 Å². The average Bonchev–Trinajstić information content (AvgIpc) is 2.76. The molecule has 2 aliphatic carbocycles. The summed E-state index contributed by atoms with van der Waals surface area (Å²) in [5.74, 6) is 1.40. The van der Waals surface area contributed by atoms with Crippen molar-refractivity contribution in [1.29, 1.82) is 0 Å². The second-order valence-electron chi connectivity index (χ2n) is 3.91. The fraction of sp³-hybridized carbons (Fsp3) is 0.700. The van der Waals surface area contributed by atoms with E-state index in [-0.39, 0.29) is 11.8 Å². The van der Waals surface area contributed by atoms with Crippen LogP contribution in [0.15, 0.2) is 12.2 Å². The molecule has 3 nitrogen and oxygen atoms in total. The summed E-state index contributed by atoms with van der Waals surface area (Å²) in [6.07, 6.45) is 6.59. The fourth-order valence-corrected chi connectivity index (χ4v) is 2.39. The molecule has 0 radical (unpaired) electrons. The van der Waals surface area contributed by atoms with Gasteiger partial charge < -0.3 is 0 Å². The van der Waals surface area contributed by atoms with Crippen molar-refractivity contribution in [1.82, 2.24) is 5.06 Å². The van der Waals surface area contributed by atoms with Crippen molar-refractivity contribution in [2.75, 3.05) is 14.2 Å². The van der Waals surface area contributed by atoms with Crippen molar-refractivity contribution in [3.05, 3.63) is 12.2 Å². The highest BCUT2D eigenvalue weighted by atomic mass is 16.7. The van der Waals surface area contributed by atoms with Crippen molar-refractivity contribution >= 4 is 5.91 Å². The second-order valence-corrected chi connectivity index (χ2v) is 3.91. The molecule has 0 aromatic rings. The fourth-order valence-electron chi connectivity index (χ4n) is 2.39. The molecule has 0 heterocycles. The summed E-state index contributed by atoms with van der Waals surface area (Å²) in [7, 11) is 3.21. The molecule has 13 heavy (non-hydrogen) atoms. The molecule has 0 aliphatic heterocycles. The van der Waals surface area contributed by atoms with E-state index in [9.17, 15) is 4.79 Å². The van der Waals surface area contributed by atoms with E-state index in [1.807, 2.05) is 0 Å². The third kappa shape index (κ3) is 1.37. The quantitative estimate of drug-likeness (QED) is 0.473. The molecule has 1 saturated carbocycles. The number of amides is 1. The molecule has 0 unspecified atom stereocenters. The summed E-state index contributed by atoms with van der Waals surface area (Å²) < 4.78 is 0. The van der Waals surface area contributed by atoms with Gasteiger partial charge in [0.1, 0.15) is 0 Å². The lowest BCUT2D eigenvalue weighted by Crippen LogP contribution is -2.33. The van der Waals surface area contributed by atoms with Crippen LogP contribution in [0.4, 0.5) is 0 Å². The van der Waals surface area contributed by atoms with Gasteiger partial charge in [-0.25, -0.2) is 5.06 Å². The van der Waals surface area contributed by atoms with Crippen LogP contribution in [-0.2, 0) is 9.63 Å². The van der Waals surface area contributed by atoms with Gasteiger partial charge >= 0.3 is 0 Å². The Balaban J connectivity index is 2.03. The predicted octanol–water partition coefficient (Wildman–Crippen LogP) is 1.22. The molecule has 3 heteroatoms. The Labute approximate surface area is 78.3 Å². The van der Waals surface area contributed by atoms with Crippen LogP contribution in [0, 0.1) is 17.8 Å². The van der Waals surface area contributed by atoms with Gasteiger partial charge in [-0.3, -0.25) is 9.63 Å². The van der Waals surface area contributed by atoms with Crippen LogP contribution in [0.5, 0.6) is 0 Å². The Kier molecular flexibility index (Phi) is 2.12. The summed E-state index contributed by atoms with van der Waals surface area (Å²) in [4.78, 5) is 16.6. The lowest BCUT2D eigenvalue weighted by Gasteiger charge is -2.22. The van der Waals surface area contributed by atoms with Crippen molar-refractivity contribution in [3.63, 3.8) is 0 Å². The van der Waals surface area contributed by atoms with Crippen LogP contribution in [0.3, 0.4) is 0 Å². The molecule has 2 bridgehead atoms. The number of nitrogens with zero attached hydrogens (tertiary/aromatic N) is 1. The molecule has 72 valence electrons. The SMILES string of the molecule is CON(C)C(=O)[C@@H]1C[C@@H]2C=C[C@H]1C2. The maximum absolute atomic E-state index is 11.7. The summed E-state index contributed by atoms with van der Waals surface area (Å²) in [6, 6.07) is 0. The van der Waals surface area contributed by atoms with E-state index < -0.39 is 0 Å². The molecule has 0 spiro atoms. The van der Waals surface area contributed by atoms with E-state index >= 15 is 0 Å². The molecule has 0 N–H and O–H groups in total. The van der Waals surface area contributed by atoms with E-state index in [4.69, 9.17) is 4.84 Å². The maximum atomic E-state index is 11.7. The Hall–Kier alpha value is -0.830. The van der Waals surface area contributed by atoms with E-state index in [0.29, 0.717) is 11.8 Å². The first-order chi connectivity index (χ1) is 6.22. The van der Waals surface area contributed by atoms with Crippen LogP contribution in [0.2, 0.25) is 0 Å². The van der Waals surface area contributed by atoms with Crippen molar-refractivity contribution in [2.24, 2.45) is 17.8 Å². The molecule has 1 fully saturated rings. The third-order valence-electron chi connectivity index (χ3n) is 3.18. The number of hydroxylamine groups is 2. The highest BCUT2D eigenvalue weighted by molar-refractivity contribution is 5.78. The van der Waals surface area contributed by atoms with Gasteiger partial charge in [0, 0.05) is 13.0 Å². The Morgan fingerprint density at radius 3 is 2.69 bits per heavy atom. The Morgan fingerprint density at radius 1 is 1.46 bits per heavy atom. The monoisotopic (exact) mass is 181 g/mol. The van der Waals surface area contributed by atoms with Crippen molar-refractivity contribution in [2.45, 2.75) is 12.8 Å². The molecule has 0 aromatic heterocycles. The highest BCUT2D eigenvalue weighted by Gasteiger charge is 2.40. The first kappa shape index (κ1) is 8.75. The average molecular weight is 181 g/mol. The van der Waals surface area contributed by atoms with Gasteiger partial charge in [0.25, 0.3) is 0 Å². The minimum atomic E-state index is 0.124. The number of rotatable bonds is 2. The van der Waals surface area contributed by atoms with Gasteiger partial charge in [-0.15, -0.1) is 0 Å². The molecule has 3 atom stereocenters. The maximum Gasteiger partial charge on any atom is 0.249 e. The lowest BCUT2D eigenvalue weighted by atomic mass is 9.93. The first-order valence-electron chi connectivity index (χ1n) is 4.72. The van der Waals surface area contributed by atoms with Gasteiger partial charge in [0.15, 0.2) is 0 Å². The first-order valence-corrected chi connectivity index (χ1v) is 4.72. The van der Waals surface area contributed by atoms with Gasteiger partial charge in [-0.05, 0) is 24.7 Å². The molecule has 2 rings (SSSR count). The van der Waals surface area contributed by atoms with Crippen LogP contribution in [0.1, 0.15) is 12.8 Å². The molecule has 1 amide bonds. The molecular formula is C10H15NO2. The van der Waals surface area contributed by atoms with Crippen LogP contribution in [0.25, 0.3) is 0 Å². The minimum absolute atomic E-state index is 0.124. The van der Waals surface area contributed by atoms with Crippen LogP contribution in [-0.4, -0.2) is 25.1 Å². The summed E-state index contributed by atoms with van der Waals surface area (Å²) in [5, 5.41) is 1.35. The number of hydrogen-bond acceptors (Lipinski definition) is 2. The summed E-state index contributed by atoms with van der Waals surface area (Å²) >= 11 is 0. The van der Waals surface area contributed by atoms with Crippen LogP contribution >= 0.6 is 0 Å². The standard InChI is InChI=1S/C10H15NO2/c1-11(13-2)10(12)9-6-7-3-4-8(9)5-7/h3-4,7-9H,5-6H2,1-2H3/t7-,8+,9-/m1/s1. The highest BCUT2D eigenvalue weighted by Crippen LogP contribution is 2.43. The zero-order valence-electron chi connectivity index (χ0n) is 8.06. The van der Waals surface area contributed by atoms with Crippen molar-refractivity contribution < 1.29 is 9.63 Å². The van der Waals surface area contributed by atoms with Gasteiger partial charge in [0.2, 0.25) is 5.91 Å². The van der Waals surface area contributed by atoms with Gasteiger partial charge in [-0.1, -0.05) is 12.2 Å². The molecule has 2 aliphatic rings. The number of carbonyl (C=O) groups excluding carboxylic acids is 1. The minimum Gasteiger partial charge on any atom is -0.275 e. The summed E-state index contributed by atoms with van der Waals surface area (Å²) in [5.41, 5.74) is 0. The van der Waals surface area contributed by atoms with E-state index in [2.05, 4.69) is 12.2 Å². The summed E-state index contributed by atoms with van der Waals surface area (Å²) in [6.45, 7) is 0. The van der Waals surface area contributed by atoms with Gasteiger partial charge in [0.05, 0.1) is 7.11 Å². The molecule has 0 aromatic carbocycles. The van der Waals surface area contributed by atoms with Crippen molar-refractivity contribution in [3.8, 4) is 0 Å². The zero-order chi connectivity index (χ0) is 9.42.